The number of esters is 2. The van der Waals surface area contributed by atoms with Crippen molar-refractivity contribution < 1.29 is 19.1 Å². The molecule has 0 aliphatic rings. The Bertz CT molecular complexity index is 356. The molecule has 4 nitrogen and oxygen atoms in total. The van der Waals surface area contributed by atoms with Gasteiger partial charge < -0.3 is 9.47 Å². The predicted octanol–water partition coefficient (Wildman–Crippen LogP) is 3.42. The lowest BCUT2D eigenvalue weighted by atomic mass is 10.0. The minimum Gasteiger partial charge on any atom is -0.462 e. The molecule has 20 heavy (non-hydrogen) atoms. The van der Waals surface area contributed by atoms with Gasteiger partial charge in [0.15, 0.2) is 0 Å². The molecule has 0 saturated carbocycles. The van der Waals surface area contributed by atoms with Gasteiger partial charge in [-0.05, 0) is 46.5 Å². The molecule has 0 aromatic rings. The molecule has 0 aromatic carbocycles. The van der Waals surface area contributed by atoms with Crippen LogP contribution in [0.4, 0.5) is 0 Å². The van der Waals surface area contributed by atoms with Gasteiger partial charge in [0.25, 0.3) is 0 Å². The van der Waals surface area contributed by atoms with Crippen LogP contribution in [0.1, 0.15) is 47.5 Å². The summed E-state index contributed by atoms with van der Waals surface area (Å²) < 4.78 is 9.79. The van der Waals surface area contributed by atoms with Crippen LogP contribution in [-0.4, -0.2) is 25.2 Å². The van der Waals surface area contributed by atoms with E-state index in [1.165, 1.54) is 5.57 Å². The van der Waals surface area contributed by atoms with Gasteiger partial charge in [0.1, 0.15) is 5.57 Å². The highest BCUT2D eigenvalue weighted by molar-refractivity contribution is 6.14. The topological polar surface area (TPSA) is 52.6 Å². The van der Waals surface area contributed by atoms with Gasteiger partial charge in [0.05, 0.1) is 13.2 Å². The van der Waals surface area contributed by atoms with Crippen LogP contribution in [0.15, 0.2) is 23.3 Å². The minimum atomic E-state index is -0.611. The van der Waals surface area contributed by atoms with Gasteiger partial charge in [-0.15, -0.1) is 0 Å². The number of ether oxygens (including phenoxy) is 2. The van der Waals surface area contributed by atoms with Crippen molar-refractivity contribution >= 4 is 11.9 Å². The summed E-state index contributed by atoms with van der Waals surface area (Å²) in [6.07, 6.45) is 5.57. The molecule has 0 N–H and O–H groups in total. The Morgan fingerprint density at radius 2 is 1.55 bits per heavy atom. The minimum absolute atomic E-state index is 0.00148. The van der Waals surface area contributed by atoms with Gasteiger partial charge in [0, 0.05) is 0 Å². The fourth-order valence-corrected chi connectivity index (χ4v) is 1.64. The second-order valence-corrected chi connectivity index (χ2v) is 4.86. The second-order valence-electron chi connectivity index (χ2n) is 4.86. The van der Waals surface area contributed by atoms with Crippen LogP contribution in [-0.2, 0) is 19.1 Å². The Labute approximate surface area is 121 Å². The van der Waals surface area contributed by atoms with Crippen molar-refractivity contribution in [3.05, 3.63) is 23.3 Å². The standard InChI is InChI=1S/C16H26O4/c1-6-19-15(17)14(16(18)20-7-2)11-13(5)10-8-9-12(3)4/h9,11,13H,6-8,10H2,1-5H3. The maximum atomic E-state index is 11.8. The summed E-state index contributed by atoms with van der Waals surface area (Å²) in [4.78, 5) is 23.5. The average molecular weight is 282 g/mol. The van der Waals surface area contributed by atoms with Crippen molar-refractivity contribution in [3.8, 4) is 0 Å². The van der Waals surface area contributed by atoms with Crippen molar-refractivity contribution in [1.29, 1.82) is 0 Å². The number of carbonyl (C=O) groups excluding carboxylic acids is 2. The van der Waals surface area contributed by atoms with Gasteiger partial charge in [-0.25, -0.2) is 9.59 Å². The number of rotatable bonds is 8. The maximum absolute atomic E-state index is 11.8. The Balaban J connectivity index is 4.82. The van der Waals surface area contributed by atoms with E-state index < -0.39 is 11.9 Å². The van der Waals surface area contributed by atoms with Crippen molar-refractivity contribution in [3.63, 3.8) is 0 Å². The van der Waals surface area contributed by atoms with Crippen LogP contribution in [0, 0.1) is 5.92 Å². The summed E-state index contributed by atoms with van der Waals surface area (Å²) in [5.41, 5.74) is 1.26. The fraction of sp³-hybridized carbons (Fsp3) is 0.625. The van der Waals surface area contributed by atoms with E-state index in [1.54, 1.807) is 19.9 Å². The first kappa shape index (κ1) is 18.4. The summed E-state index contributed by atoms with van der Waals surface area (Å²) in [7, 11) is 0. The van der Waals surface area contributed by atoms with Gasteiger partial charge in [-0.2, -0.15) is 0 Å². The van der Waals surface area contributed by atoms with E-state index in [1.807, 2.05) is 20.8 Å². The maximum Gasteiger partial charge on any atom is 0.345 e. The zero-order valence-corrected chi connectivity index (χ0v) is 13.2. The monoisotopic (exact) mass is 282 g/mol. The summed E-state index contributed by atoms with van der Waals surface area (Å²) in [5.74, 6) is -1.12. The van der Waals surface area contributed by atoms with Crippen LogP contribution in [0.5, 0.6) is 0 Å². The number of carbonyl (C=O) groups is 2. The molecule has 0 aliphatic heterocycles. The van der Waals surface area contributed by atoms with E-state index in [2.05, 4.69) is 6.08 Å². The third kappa shape index (κ3) is 7.77. The zero-order valence-electron chi connectivity index (χ0n) is 13.2. The quantitative estimate of drug-likeness (QED) is 0.225. The van der Waals surface area contributed by atoms with Crippen molar-refractivity contribution in [1.82, 2.24) is 0 Å². The first-order chi connectivity index (χ1) is 9.42. The molecule has 1 unspecified atom stereocenters. The van der Waals surface area contributed by atoms with Crippen molar-refractivity contribution in [2.75, 3.05) is 13.2 Å². The van der Waals surface area contributed by atoms with E-state index in [4.69, 9.17) is 9.47 Å². The van der Waals surface area contributed by atoms with Crippen LogP contribution in [0.3, 0.4) is 0 Å². The highest BCUT2D eigenvalue weighted by atomic mass is 16.6. The summed E-state index contributed by atoms with van der Waals surface area (Å²) in [5, 5.41) is 0. The van der Waals surface area contributed by atoms with Crippen molar-refractivity contribution in [2.24, 2.45) is 5.92 Å². The molecule has 0 bridgehead atoms. The lowest BCUT2D eigenvalue weighted by Crippen LogP contribution is -2.19. The SMILES string of the molecule is CCOC(=O)C(=CC(C)CCC=C(C)C)C(=O)OCC. The molecule has 0 saturated heterocycles. The van der Waals surface area contributed by atoms with Crippen LogP contribution in [0.2, 0.25) is 0 Å². The highest BCUT2D eigenvalue weighted by Gasteiger charge is 2.21. The molecule has 0 fully saturated rings. The second kappa shape index (κ2) is 10.2. The van der Waals surface area contributed by atoms with Crippen LogP contribution < -0.4 is 0 Å². The molecule has 0 aromatic heterocycles. The Morgan fingerprint density at radius 1 is 1.05 bits per heavy atom. The van der Waals surface area contributed by atoms with E-state index in [0.29, 0.717) is 0 Å². The molecule has 0 amide bonds. The summed E-state index contributed by atoms with van der Waals surface area (Å²) in [6, 6.07) is 0. The largest absolute Gasteiger partial charge is 0.462 e. The summed E-state index contributed by atoms with van der Waals surface area (Å²) in [6.45, 7) is 9.95. The molecule has 0 heterocycles. The number of allylic oxidation sites excluding steroid dienone is 3. The molecule has 0 aliphatic carbocycles. The molecular weight excluding hydrogens is 256 g/mol. The number of hydrogen-bond acceptors (Lipinski definition) is 4. The lowest BCUT2D eigenvalue weighted by molar-refractivity contribution is -0.146. The third-order valence-corrected chi connectivity index (χ3v) is 2.62. The zero-order chi connectivity index (χ0) is 15.5. The van der Waals surface area contributed by atoms with Gasteiger partial charge in [-0.3, -0.25) is 0 Å². The predicted molar refractivity (Wildman–Crippen MR) is 79.2 cm³/mol. The molecule has 114 valence electrons. The van der Waals surface area contributed by atoms with Crippen LogP contribution in [0.25, 0.3) is 0 Å². The van der Waals surface area contributed by atoms with Gasteiger partial charge >= 0.3 is 11.9 Å². The molecule has 4 heteroatoms. The average Bonchev–Trinajstić information content (AvgIpc) is 2.35. The normalized spacial score (nSPS) is 11.2. The smallest absolute Gasteiger partial charge is 0.345 e. The molecular formula is C16H26O4. The number of hydrogen-bond donors (Lipinski definition) is 0. The van der Waals surface area contributed by atoms with Crippen LogP contribution >= 0.6 is 0 Å². The molecule has 0 spiro atoms. The lowest BCUT2D eigenvalue weighted by Gasteiger charge is -2.10. The first-order valence-corrected chi connectivity index (χ1v) is 7.11. The highest BCUT2D eigenvalue weighted by Crippen LogP contribution is 2.14. The molecule has 0 rings (SSSR count). The fourth-order valence-electron chi connectivity index (χ4n) is 1.64. The molecule has 0 radical (unpaired) electrons. The van der Waals surface area contributed by atoms with Gasteiger partial charge in [0.2, 0.25) is 0 Å². The van der Waals surface area contributed by atoms with E-state index >= 15 is 0 Å². The Hall–Kier alpha value is -1.58. The van der Waals surface area contributed by atoms with E-state index in [-0.39, 0.29) is 24.7 Å². The Kier molecular flexibility index (Phi) is 9.43. The third-order valence-electron chi connectivity index (χ3n) is 2.62. The Morgan fingerprint density at radius 3 is 1.95 bits per heavy atom. The summed E-state index contributed by atoms with van der Waals surface area (Å²) >= 11 is 0. The molecule has 1 atom stereocenters. The van der Waals surface area contributed by atoms with E-state index in [9.17, 15) is 9.59 Å². The van der Waals surface area contributed by atoms with Crippen molar-refractivity contribution in [2.45, 2.75) is 47.5 Å². The van der Waals surface area contributed by atoms with E-state index in [0.717, 1.165) is 12.8 Å². The van der Waals surface area contributed by atoms with Gasteiger partial charge in [-0.1, -0.05) is 24.6 Å². The first-order valence-electron chi connectivity index (χ1n) is 7.11.